The molecule has 0 aliphatic carbocycles. The molecule has 0 unspecified atom stereocenters. The lowest BCUT2D eigenvalue weighted by atomic mass is 10.3. The molecule has 0 atom stereocenters. The van der Waals surface area contributed by atoms with Gasteiger partial charge < -0.3 is 10.4 Å². The molecule has 0 amide bonds. The van der Waals surface area contributed by atoms with E-state index in [4.69, 9.17) is 5.11 Å². The molecule has 2 nitrogen and oxygen atoms in total. The minimum Gasteiger partial charge on any atom is -0.395 e. The van der Waals surface area contributed by atoms with Crippen molar-refractivity contribution in [3.8, 4) is 0 Å². The minimum absolute atomic E-state index is 0.214. The Morgan fingerprint density at radius 1 is 1.42 bits per heavy atom. The van der Waals surface area contributed by atoms with Gasteiger partial charge in [0, 0.05) is 22.8 Å². The largest absolute Gasteiger partial charge is 0.395 e. The van der Waals surface area contributed by atoms with E-state index in [0.29, 0.717) is 6.54 Å². The van der Waals surface area contributed by atoms with Crippen molar-refractivity contribution >= 4 is 11.3 Å². The summed E-state index contributed by atoms with van der Waals surface area (Å²) >= 11 is 1.84. The zero-order valence-corrected chi connectivity index (χ0v) is 8.16. The Kier molecular flexibility index (Phi) is 4.29. The summed E-state index contributed by atoms with van der Waals surface area (Å²) < 4.78 is 0. The zero-order chi connectivity index (χ0) is 8.81. The standard InChI is InChI=1S/C9H15NOS/c1-2-8-3-4-9(12-8)7-10-5-6-11/h3-4,10-11H,2,5-7H2,1H3. The minimum atomic E-state index is 0.214. The molecule has 2 N–H and O–H groups in total. The maximum atomic E-state index is 8.54. The average Bonchev–Trinajstić information content (AvgIpc) is 2.53. The summed E-state index contributed by atoms with van der Waals surface area (Å²) in [6.45, 7) is 3.94. The van der Waals surface area contributed by atoms with Crippen molar-refractivity contribution in [2.24, 2.45) is 0 Å². The molecule has 0 saturated carbocycles. The molecule has 0 aromatic carbocycles. The highest BCUT2D eigenvalue weighted by molar-refractivity contribution is 7.11. The summed E-state index contributed by atoms with van der Waals surface area (Å²) in [6.07, 6.45) is 1.12. The Morgan fingerprint density at radius 3 is 2.75 bits per heavy atom. The van der Waals surface area contributed by atoms with Crippen LogP contribution < -0.4 is 5.32 Å². The third-order valence-electron chi connectivity index (χ3n) is 1.65. The summed E-state index contributed by atoms with van der Waals surface area (Å²) in [5.74, 6) is 0. The topological polar surface area (TPSA) is 32.3 Å². The predicted octanol–water partition coefficient (Wildman–Crippen LogP) is 1.39. The molecule has 1 aromatic rings. The van der Waals surface area contributed by atoms with Crippen LogP contribution in [-0.4, -0.2) is 18.3 Å². The Labute approximate surface area is 77.2 Å². The number of aliphatic hydroxyl groups is 1. The van der Waals surface area contributed by atoms with Crippen LogP contribution in [0.3, 0.4) is 0 Å². The van der Waals surface area contributed by atoms with Crippen LogP contribution in [0.25, 0.3) is 0 Å². The van der Waals surface area contributed by atoms with Crippen LogP contribution in [0.1, 0.15) is 16.7 Å². The predicted molar refractivity (Wildman–Crippen MR) is 52.5 cm³/mol. The summed E-state index contributed by atoms with van der Waals surface area (Å²) in [5, 5.41) is 11.7. The van der Waals surface area contributed by atoms with Crippen molar-refractivity contribution in [2.75, 3.05) is 13.2 Å². The SMILES string of the molecule is CCc1ccc(CNCCO)s1. The maximum absolute atomic E-state index is 8.54. The van der Waals surface area contributed by atoms with Gasteiger partial charge in [0.1, 0.15) is 0 Å². The van der Waals surface area contributed by atoms with E-state index in [1.807, 2.05) is 11.3 Å². The molecule has 0 saturated heterocycles. The molecule has 12 heavy (non-hydrogen) atoms. The van der Waals surface area contributed by atoms with Crippen molar-refractivity contribution in [1.82, 2.24) is 5.32 Å². The molecule has 0 fully saturated rings. The van der Waals surface area contributed by atoms with Gasteiger partial charge >= 0.3 is 0 Å². The maximum Gasteiger partial charge on any atom is 0.0556 e. The normalized spacial score (nSPS) is 10.5. The fraction of sp³-hybridized carbons (Fsp3) is 0.556. The third kappa shape index (κ3) is 2.93. The van der Waals surface area contributed by atoms with Crippen LogP contribution in [0.4, 0.5) is 0 Å². The van der Waals surface area contributed by atoms with Crippen LogP contribution in [0.5, 0.6) is 0 Å². The molecule has 3 heteroatoms. The van der Waals surface area contributed by atoms with Crippen molar-refractivity contribution in [2.45, 2.75) is 19.9 Å². The molecule has 1 rings (SSSR count). The average molecular weight is 185 g/mol. The van der Waals surface area contributed by atoms with Gasteiger partial charge in [-0.3, -0.25) is 0 Å². The van der Waals surface area contributed by atoms with Crippen molar-refractivity contribution in [3.05, 3.63) is 21.9 Å². The van der Waals surface area contributed by atoms with Gasteiger partial charge in [-0.1, -0.05) is 6.92 Å². The number of aryl methyl sites for hydroxylation is 1. The highest BCUT2D eigenvalue weighted by Crippen LogP contribution is 2.16. The number of nitrogens with one attached hydrogen (secondary N) is 1. The smallest absolute Gasteiger partial charge is 0.0556 e. The van der Waals surface area contributed by atoms with Gasteiger partial charge in [0.2, 0.25) is 0 Å². The second-order valence-electron chi connectivity index (χ2n) is 2.62. The monoisotopic (exact) mass is 185 g/mol. The summed E-state index contributed by atoms with van der Waals surface area (Å²) in [5.41, 5.74) is 0. The summed E-state index contributed by atoms with van der Waals surface area (Å²) in [4.78, 5) is 2.77. The van der Waals surface area contributed by atoms with Gasteiger partial charge in [-0.2, -0.15) is 0 Å². The van der Waals surface area contributed by atoms with Crippen LogP contribution in [-0.2, 0) is 13.0 Å². The van der Waals surface area contributed by atoms with Crippen molar-refractivity contribution in [1.29, 1.82) is 0 Å². The van der Waals surface area contributed by atoms with Crippen LogP contribution >= 0.6 is 11.3 Å². The third-order valence-corrected chi connectivity index (χ3v) is 2.88. The van der Waals surface area contributed by atoms with Crippen LogP contribution in [0, 0.1) is 0 Å². The number of hydrogen-bond acceptors (Lipinski definition) is 3. The van der Waals surface area contributed by atoms with Gasteiger partial charge in [0.15, 0.2) is 0 Å². The lowest BCUT2D eigenvalue weighted by Gasteiger charge is -1.98. The Bertz CT molecular complexity index is 222. The van der Waals surface area contributed by atoms with Crippen LogP contribution in [0.15, 0.2) is 12.1 Å². The Morgan fingerprint density at radius 2 is 2.17 bits per heavy atom. The van der Waals surface area contributed by atoms with Gasteiger partial charge in [0.05, 0.1) is 6.61 Å². The van der Waals surface area contributed by atoms with E-state index in [-0.39, 0.29) is 6.61 Å². The van der Waals surface area contributed by atoms with Gasteiger partial charge in [-0.25, -0.2) is 0 Å². The molecule has 0 aliphatic rings. The summed E-state index contributed by atoms with van der Waals surface area (Å²) in [6, 6.07) is 4.31. The van der Waals surface area contributed by atoms with Crippen LogP contribution in [0.2, 0.25) is 0 Å². The molecule has 0 spiro atoms. The van der Waals surface area contributed by atoms with E-state index in [9.17, 15) is 0 Å². The second kappa shape index (κ2) is 5.30. The van der Waals surface area contributed by atoms with Crippen molar-refractivity contribution in [3.63, 3.8) is 0 Å². The van der Waals surface area contributed by atoms with E-state index in [0.717, 1.165) is 13.0 Å². The number of hydrogen-bond donors (Lipinski definition) is 2. The Hall–Kier alpha value is -0.380. The molecule has 0 radical (unpaired) electrons. The molecule has 0 aliphatic heterocycles. The lowest BCUT2D eigenvalue weighted by molar-refractivity contribution is 0.292. The first kappa shape index (κ1) is 9.71. The highest BCUT2D eigenvalue weighted by atomic mass is 32.1. The first-order valence-electron chi connectivity index (χ1n) is 4.26. The molecule has 68 valence electrons. The molecule has 1 heterocycles. The number of aliphatic hydroxyl groups excluding tert-OH is 1. The van der Waals surface area contributed by atoms with Gasteiger partial charge in [-0.05, 0) is 18.6 Å². The quantitative estimate of drug-likeness (QED) is 0.679. The number of thiophene rings is 1. The van der Waals surface area contributed by atoms with Gasteiger partial charge in [-0.15, -0.1) is 11.3 Å². The van der Waals surface area contributed by atoms with E-state index in [2.05, 4.69) is 24.4 Å². The Balaban J connectivity index is 2.31. The molecular formula is C9H15NOS. The van der Waals surface area contributed by atoms with E-state index in [1.54, 1.807) is 0 Å². The van der Waals surface area contributed by atoms with E-state index < -0.39 is 0 Å². The van der Waals surface area contributed by atoms with E-state index >= 15 is 0 Å². The zero-order valence-electron chi connectivity index (χ0n) is 7.34. The summed E-state index contributed by atoms with van der Waals surface area (Å²) in [7, 11) is 0. The van der Waals surface area contributed by atoms with E-state index in [1.165, 1.54) is 9.75 Å². The lowest BCUT2D eigenvalue weighted by Crippen LogP contribution is -2.16. The number of rotatable bonds is 5. The molecular weight excluding hydrogens is 170 g/mol. The first-order chi connectivity index (χ1) is 5.86. The molecule has 0 bridgehead atoms. The van der Waals surface area contributed by atoms with Crippen molar-refractivity contribution < 1.29 is 5.11 Å². The first-order valence-corrected chi connectivity index (χ1v) is 5.07. The fourth-order valence-corrected chi connectivity index (χ4v) is 1.93. The van der Waals surface area contributed by atoms with Gasteiger partial charge in [0.25, 0.3) is 0 Å². The highest BCUT2D eigenvalue weighted by Gasteiger charge is 1.96. The molecule has 1 aromatic heterocycles. The fourth-order valence-electron chi connectivity index (χ4n) is 0.998. The second-order valence-corrected chi connectivity index (χ2v) is 3.87.